The van der Waals surface area contributed by atoms with Gasteiger partial charge in [0.2, 0.25) is 0 Å². The number of rotatable bonds is 0. The molecule has 0 saturated carbocycles. The minimum Gasteiger partial charge on any atom is -0.334 e. The molecule has 0 amide bonds. The summed E-state index contributed by atoms with van der Waals surface area (Å²) in [6, 6.07) is 0. The van der Waals surface area contributed by atoms with Crippen LogP contribution in [0.4, 0.5) is 0 Å². The Bertz CT molecular complexity index is 194. The van der Waals surface area contributed by atoms with Crippen LogP contribution in [0.3, 0.4) is 0 Å². The third-order valence-electron chi connectivity index (χ3n) is 2.17. The zero-order valence-corrected chi connectivity index (χ0v) is 7.59. The molecule has 0 bridgehead atoms. The Morgan fingerprint density at radius 2 is 2.36 bits per heavy atom. The summed E-state index contributed by atoms with van der Waals surface area (Å²) >= 11 is 0. The molecular formula is C9H16N2. The van der Waals surface area contributed by atoms with Crippen LogP contribution in [0.5, 0.6) is 0 Å². The summed E-state index contributed by atoms with van der Waals surface area (Å²) in [5, 5.41) is 0. The molecule has 11 heavy (non-hydrogen) atoms. The first-order chi connectivity index (χ1) is 5.15. The molecule has 0 unspecified atom stereocenters. The molecule has 0 radical (unpaired) electrons. The molecule has 0 aromatic rings. The molecule has 1 fully saturated rings. The minimum atomic E-state index is 0.735. The molecule has 0 aromatic carbocycles. The summed E-state index contributed by atoms with van der Waals surface area (Å²) in [6.07, 6.45) is 1.12. The smallest absolute Gasteiger partial charge is 0.0995 e. The van der Waals surface area contributed by atoms with Gasteiger partial charge in [0.05, 0.1) is 5.84 Å². The second-order valence-corrected chi connectivity index (χ2v) is 3.26. The van der Waals surface area contributed by atoms with E-state index in [-0.39, 0.29) is 0 Å². The maximum absolute atomic E-state index is 4.14. The van der Waals surface area contributed by atoms with Gasteiger partial charge in [0.1, 0.15) is 0 Å². The second-order valence-electron chi connectivity index (χ2n) is 3.26. The van der Waals surface area contributed by atoms with E-state index in [1.54, 1.807) is 0 Å². The van der Waals surface area contributed by atoms with E-state index in [1.807, 2.05) is 14.0 Å². The summed E-state index contributed by atoms with van der Waals surface area (Å²) in [7, 11) is 1.82. The van der Waals surface area contributed by atoms with Crippen molar-refractivity contribution >= 4 is 5.84 Å². The normalized spacial score (nSPS) is 26.5. The first-order valence-corrected chi connectivity index (χ1v) is 4.04. The average molecular weight is 152 g/mol. The van der Waals surface area contributed by atoms with Crippen LogP contribution in [0.1, 0.15) is 20.3 Å². The SMILES string of the molecule is C=C1C[C@@H](C)CN1C(C)=NC. The van der Waals surface area contributed by atoms with E-state index in [0.29, 0.717) is 0 Å². The summed E-state index contributed by atoms with van der Waals surface area (Å²) in [4.78, 5) is 6.34. The van der Waals surface area contributed by atoms with Gasteiger partial charge in [-0.15, -0.1) is 0 Å². The Morgan fingerprint density at radius 3 is 2.73 bits per heavy atom. The van der Waals surface area contributed by atoms with Gasteiger partial charge in [-0.1, -0.05) is 13.5 Å². The molecule has 0 N–H and O–H groups in total. The van der Waals surface area contributed by atoms with Gasteiger partial charge < -0.3 is 4.90 Å². The molecule has 1 heterocycles. The van der Waals surface area contributed by atoms with Crippen LogP contribution >= 0.6 is 0 Å². The zero-order chi connectivity index (χ0) is 8.43. The average Bonchev–Trinajstić information content (AvgIpc) is 2.28. The van der Waals surface area contributed by atoms with Crippen molar-refractivity contribution in [3.63, 3.8) is 0 Å². The molecule has 1 aliphatic rings. The maximum Gasteiger partial charge on any atom is 0.0995 e. The van der Waals surface area contributed by atoms with Crippen molar-refractivity contribution in [3.8, 4) is 0 Å². The number of hydrogen-bond donors (Lipinski definition) is 0. The lowest BCUT2D eigenvalue weighted by atomic mass is 10.1. The largest absolute Gasteiger partial charge is 0.334 e. The molecule has 0 spiro atoms. The fourth-order valence-corrected chi connectivity index (χ4v) is 1.50. The van der Waals surface area contributed by atoms with E-state index in [2.05, 4.69) is 23.4 Å². The Kier molecular flexibility index (Phi) is 2.32. The van der Waals surface area contributed by atoms with Gasteiger partial charge in [-0.25, -0.2) is 0 Å². The van der Waals surface area contributed by atoms with Gasteiger partial charge in [0.15, 0.2) is 0 Å². The number of nitrogens with zero attached hydrogens (tertiary/aromatic N) is 2. The van der Waals surface area contributed by atoms with Crippen molar-refractivity contribution in [3.05, 3.63) is 12.3 Å². The predicted octanol–water partition coefficient (Wildman–Crippen LogP) is 1.89. The zero-order valence-electron chi connectivity index (χ0n) is 7.59. The topological polar surface area (TPSA) is 15.6 Å². The minimum absolute atomic E-state index is 0.735. The van der Waals surface area contributed by atoms with Crippen LogP contribution in [-0.4, -0.2) is 24.3 Å². The van der Waals surface area contributed by atoms with Gasteiger partial charge in [0, 0.05) is 19.3 Å². The standard InChI is InChI=1S/C9H16N2/c1-7-5-8(2)11(6-7)9(3)10-4/h7H,2,5-6H2,1,3-4H3/t7-/m1/s1. The number of amidine groups is 1. The number of likely N-dealkylation sites (tertiary alicyclic amines) is 1. The molecule has 0 aliphatic carbocycles. The van der Waals surface area contributed by atoms with Gasteiger partial charge >= 0.3 is 0 Å². The lowest BCUT2D eigenvalue weighted by molar-refractivity contribution is 0.526. The molecule has 2 nitrogen and oxygen atoms in total. The number of aliphatic imine (C=N–C) groups is 1. The first-order valence-electron chi connectivity index (χ1n) is 4.04. The van der Waals surface area contributed by atoms with Crippen LogP contribution in [-0.2, 0) is 0 Å². The van der Waals surface area contributed by atoms with Gasteiger partial charge in [-0.05, 0) is 19.3 Å². The molecule has 0 aromatic heterocycles. The van der Waals surface area contributed by atoms with Gasteiger partial charge in [-0.2, -0.15) is 0 Å². The van der Waals surface area contributed by atoms with E-state index < -0.39 is 0 Å². The summed E-state index contributed by atoms with van der Waals surface area (Å²) in [5.74, 6) is 1.82. The van der Waals surface area contributed by atoms with E-state index in [0.717, 1.165) is 24.7 Å². The van der Waals surface area contributed by atoms with Crippen LogP contribution in [0, 0.1) is 5.92 Å². The van der Waals surface area contributed by atoms with Crippen LogP contribution in [0.15, 0.2) is 17.3 Å². The molecule has 1 rings (SSSR count). The van der Waals surface area contributed by atoms with E-state index in [1.165, 1.54) is 5.70 Å². The van der Waals surface area contributed by atoms with Crippen molar-refractivity contribution in [2.45, 2.75) is 20.3 Å². The predicted molar refractivity (Wildman–Crippen MR) is 48.7 cm³/mol. The second kappa shape index (κ2) is 3.07. The number of hydrogen-bond acceptors (Lipinski definition) is 1. The Hall–Kier alpha value is -0.790. The summed E-state index contributed by atoms with van der Waals surface area (Å²) in [5.41, 5.74) is 1.21. The fraction of sp³-hybridized carbons (Fsp3) is 0.667. The molecule has 2 heteroatoms. The summed E-state index contributed by atoms with van der Waals surface area (Å²) in [6.45, 7) is 9.36. The summed E-state index contributed by atoms with van der Waals surface area (Å²) < 4.78 is 0. The Balaban J connectivity index is 2.68. The first kappa shape index (κ1) is 8.31. The molecule has 1 atom stereocenters. The van der Waals surface area contributed by atoms with E-state index in [9.17, 15) is 0 Å². The van der Waals surface area contributed by atoms with Gasteiger partial charge in [-0.3, -0.25) is 4.99 Å². The van der Waals surface area contributed by atoms with Crippen LogP contribution in [0.2, 0.25) is 0 Å². The Labute approximate surface area is 68.6 Å². The third-order valence-corrected chi connectivity index (χ3v) is 2.17. The van der Waals surface area contributed by atoms with Gasteiger partial charge in [0.25, 0.3) is 0 Å². The molecule has 1 aliphatic heterocycles. The monoisotopic (exact) mass is 152 g/mol. The van der Waals surface area contributed by atoms with Crippen molar-refractivity contribution < 1.29 is 0 Å². The fourth-order valence-electron chi connectivity index (χ4n) is 1.50. The number of allylic oxidation sites excluding steroid dienone is 1. The van der Waals surface area contributed by atoms with Crippen molar-refractivity contribution in [2.24, 2.45) is 10.9 Å². The quantitative estimate of drug-likeness (QED) is 0.382. The highest BCUT2D eigenvalue weighted by Gasteiger charge is 2.22. The van der Waals surface area contributed by atoms with Crippen molar-refractivity contribution in [1.82, 2.24) is 4.90 Å². The maximum atomic E-state index is 4.14. The lowest BCUT2D eigenvalue weighted by Crippen LogP contribution is -2.24. The lowest BCUT2D eigenvalue weighted by Gasteiger charge is -2.17. The molecule has 1 saturated heterocycles. The van der Waals surface area contributed by atoms with E-state index in [4.69, 9.17) is 0 Å². The Morgan fingerprint density at radius 1 is 1.73 bits per heavy atom. The molecular weight excluding hydrogens is 136 g/mol. The van der Waals surface area contributed by atoms with Crippen molar-refractivity contribution in [1.29, 1.82) is 0 Å². The highest BCUT2D eigenvalue weighted by Crippen LogP contribution is 2.24. The van der Waals surface area contributed by atoms with Crippen LogP contribution < -0.4 is 0 Å². The third kappa shape index (κ3) is 1.62. The highest BCUT2D eigenvalue weighted by molar-refractivity contribution is 5.81. The van der Waals surface area contributed by atoms with E-state index >= 15 is 0 Å². The highest BCUT2D eigenvalue weighted by atomic mass is 15.2. The van der Waals surface area contributed by atoms with Crippen LogP contribution in [0.25, 0.3) is 0 Å². The molecule has 62 valence electrons. The van der Waals surface area contributed by atoms with Crippen molar-refractivity contribution in [2.75, 3.05) is 13.6 Å².